The van der Waals surface area contributed by atoms with Crippen molar-refractivity contribution in [2.75, 3.05) is 0 Å². The Hall–Kier alpha value is -1.38. The molecule has 0 saturated carbocycles. The molecule has 10 heavy (non-hydrogen) atoms. The molecule has 3 heteroatoms. The van der Waals surface area contributed by atoms with Crippen LogP contribution in [0.2, 0.25) is 0 Å². The van der Waals surface area contributed by atoms with Crippen LogP contribution in [-0.2, 0) is 0 Å². The highest BCUT2D eigenvalue weighted by Gasteiger charge is 2.12. The number of hydrogen-bond acceptors (Lipinski definition) is 3. The second-order valence-corrected chi connectivity index (χ2v) is 2.31. The van der Waals surface area contributed by atoms with Gasteiger partial charge in [-0.1, -0.05) is 0 Å². The van der Waals surface area contributed by atoms with Crippen LogP contribution in [0.25, 0.3) is 0 Å². The SMILES string of the molecule is NC1=NC=C2C=NC=C2C1. The van der Waals surface area contributed by atoms with Crippen LogP contribution >= 0.6 is 0 Å². The maximum atomic E-state index is 5.50. The zero-order valence-corrected chi connectivity index (χ0v) is 5.41. The van der Waals surface area contributed by atoms with Gasteiger partial charge in [-0.15, -0.1) is 0 Å². The van der Waals surface area contributed by atoms with Gasteiger partial charge in [0.15, 0.2) is 0 Å². The fourth-order valence-electron chi connectivity index (χ4n) is 1.02. The molecule has 0 atom stereocenters. The minimum absolute atomic E-state index is 0.667. The molecule has 2 heterocycles. The zero-order valence-electron chi connectivity index (χ0n) is 5.41. The summed E-state index contributed by atoms with van der Waals surface area (Å²) in [5.41, 5.74) is 7.77. The highest BCUT2D eigenvalue weighted by atomic mass is 14.9. The minimum atomic E-state index is 0.667. The molecule has 0 unspecified atom stereocenters. The molecular weight excluding hydrogens is 126 g/mol. The smallest absolute Gasteiger partial charge is 0.103 e. The van der Waals surface area contributed by atoms with Gasteiger partial charge in [-0.3, -0.25) is 4.99 Å². The molecule has 0 bridgehead atoms. The standard InChI is InChI=1S/C7H7N3/c8-7-1-5-2-9-3-6(5)4-10-7/h2-4H,1H2,(H2,8,10). The van der Waals surface area contributed by atoms with Crippen LogP contribution < -0.4 is 5.73 Å². The van der Waals surface area contributed by atoms with E-state index in [1.54, 1.807) is 12.4 Å². The van der Waals surface area contributed by atoms with Crippen molar-refractivity contribution in [3.63, 3.8) is 0 Å². The number of rotatable bonds is 0. The van der Waals surface area contributed by atoms with Gasteiger partial charge in [0.2, 0.25) is 0 Å². The van der Waals surface area contributed by atoms with Crippen LogP contribution in [0.3, 0.4) is 0 Å². The zero-order chi connectivity index (χ0) is 6.97. The molecule has 0 aliphatic carbocycles. The van der Waals surface area contributed by atoms with E-state index >= 15 is 0 Å². The summed E-state index contributed by atoms with van der Waals surface area (Å²) in [5.74, 6) is 0.667. The summed E-state index contributed by atoms with van der Waals surface area (Å²) in [6.07, 6.45) is 6.12. The van der Waals surface area contributed by atoms with Crippen molar-refractivity contribution in [1.82, 2.24) is 0 Å². The fourth-order valence-corrected chi connectivity index (χ4v) is 1.02. The van der Waals surface area contributed by atoms with Gasteiger partial charge in [-0.25, -0.2) is 4.99 Å². The van der Waals surface area contributed by atoms with Crippen molar-refractivity contribution in [2.45, 2.75) is 6.42 Å². The summed E-state index contributed by atoms with van der Waals surface area (Å²) >= 11 is 0. The highest BCUT2D eigenvalue weighted by molar-refractivity contribution is 5.95. The Bertz CT molecular complexity index is 281. The molecule has 2 rings (SSSR count). The predicted octanol–water partition coefficient (Wildman–Crippen LogP) is 0.600. The van der Waals surface area contributed by atoms with Gasteiger partial charge >= 0.3 is 0 Å². The Morgan fingerprint density at radius 1 is 1.40 bits per heavy atom. The summed E-state index contributed by atoms with van der Waals surface area (Å²) in [4.78, 5) is 7.95. The van der Waals surface area contributed by atoms with Crippen LogP contribution in [-0.4, -0.2) is 12.1 Å². The third kappa shape index (κ3) is 0.673. The van der Waals surface area contributed by atoms with E-state index in [1.165, 1.54) is 5.57 Å². The van der Waals surface area contributed by atoms with Gasteiger partial charge in [0.05, 0.1) is 0 Å². The maximum Gasteiger partial charge on any atom is 0.103 e. The van der Waals surface area contributed by atoms with Crippen LogP contribution in [0.5, 0.6) is 0 Å². The van der Waals surface area contributed by atoms with Gasteiger partial charge in [0.25, 0.3) is 0 Å². The lowest BCUT2D eigenvalue weighted by atomic mass is 10.1. The van der Waals surface area contributed by atoms with E-state index in [0.717, 1.165) is 12.0 Å². The van der Waals surface area contributed by atoms with Crippen molar-refractivity contribution in [2.24, 2.45) is 15.7 Å². The van der Waals surface area contributed by atoms with Gasteiger partial charge < -0.3 is 5.73 Å². The van der Waals surface area contributed by atoms with E-state index in [9.17, 15) is 0 Å². The third-order valence-corrected chi connectivity index (χ3v) is 1.56. The number of amidine groups is 1. The predicted molar refractivity (Wildman–Crippen MR) is 40.9 cm³/mol. The van der Waals surface area contributed by atoms with Crippen LogP contribution in [0.1, 0.15) is 6.42 Å². The normalized spacial score (nSPS) is 21.4. The number of aliphatic imine (C=N–C) groups is 2. The van der Waals surface area contributed by atoms with Gasteiger partial charge in [-0.2, -0.15) is 0 Å². The first-order valence-electron chi connectivity index (χ1n) is 3.11. The van der Waals surface area contributed by atoms with Crippen LogP contribution in [0.15, 0.2) is 33.5 Å². The topological polar surface area (TPSA) is 50.7 Å². The first-order chi connectivity index (χ1) is 4.86. The molecule has 50 valence electrons. The Labute approximate surface area is 58.7 Å². The molecule has 0 radical (unpaired) electrons. The van der Waals surface area contributed by atoms with Crippen molar-refractivity contribution in [3.05, 3.63) is 23.5 Å². The maximum absolute atomic E-state index is 5.50. The Morgan fingerprint density at radius 2 is 2.30 bits per heavy atom. The first-order valence-corrected chi connectivity index (χ1v) is 3.11. The Kier molecular flexibility index (Phi) is 0.974. The summed E-state index contributed by atoms with van der Waals surface area (Å²) < 4.78 is 0. The number of nitrogens with zero attached hydrogens (tertiary/aromatic N) is 2. The Morgan fingerprint density at radius 3 is 3.20 bits per heavy atom. The van der Waals surface area contributed by atoms with Crippen molar-refractivity contribution in [1.29, 1.82) is 0 Å². The summed E-state index contributed by atoms with van der Waals surface area (Å²) in [5, 5.41) is 0. The second kappa shape index (κ2) is 1.80. The molecule has 0 aromatic heterocycles. The fraction of sp³-hybridized carbons (Fsp3) is 0.143. The third-order valence-electron chi connectivity index (χ3n) is 1.56. The van der Waals surface area contributed by atoms with E-state index in [0.29, 0.717) is 5.84 Å². The van der Waals surface area contributed by atoms with E-state index in [4.69, 9.17) is 5.73 Å². The number of allylic oxidation sites excluding steroid dienone is 1. The van der Waals surface area contributed by atoms with Gasteiger partial charge in [0.1, 0.15) is 5.84 Å². The molecule has 3 nitrogen and oxygen atoms in total. The van der Waals surface area contributed by atoms with Crippen LogP contribution in [0, 0.1) is 0 Å². The molecule has 2 N–H and O–H groups in total. The molecule has 0 aromatic carbocycles. The molecule has 0 aromatic rings. The number of nitrogens with two attached hydrogens (primary N) is 1. The van der Waals surface area contributed by atoms with Crippen molar-refractivity contribution >= 4 is 12.1 Å². The molecule has 0 spiro atoms. The van der Waals surface area contributed by atoms with E-state index in [2.05, 4.69) is 9.98 Å². The number of hydrogen-bond donors (Lipinski definition) is 1. The quantitative estimate of drug-likeness (QED) is 0.516. The van der Waals surface area contributed by atoms with Crippen molar-refractivity contribution in [3.8, 4) is 0 Å². The molecule has 0 saturated heterocycles. The van der Waals surface area contributed by atoms with Crippen LogP contribution in [0.4, 0.5) is 0 Å². The summed E-state index contributed by atoms with van der Waals surface area (Å²) in [6.45, 7) is 0. The lowest BCUT2D eigenvalue weighted by Crippen LogP contribution is -2.14. The minimum Gasteiger partial charge on any atom is -0.387 e. The largest absolute Gasteiger partial charge is 0.387 e. The summed E-state index contributed by atoms with van der Waals surface area (Å²) in [7, 11) is 0. The first kappa shape index (κ1) is 5.41. The van der Waals surface area contributed by atoms with Gasteiger partial charge in [0, 0.05) is 30.6 Å². The molecule has 0 fully saturated rings. The lowest BCUT2D eigenvalue weighted by Gasteiger charge is -2.06. The van der Waals surface area contributed by atoms with E-state index in [1.807, 2.05) is 6.20 Å². The molecule has 0 amide bonds. The van der Waals surface area contributed by atoms with Crippen molar-refractivity contribution < 1.29 is 0 Å². The monoisotopic (exact) mass is 133 g/mol. The van der Waals surface area contributed by atoms with E-state index < -0.39 is 0 Å². The second-order valence-electron chi connectivity index (χ2n) is 2.31. The molecule has 2 aliphatic heterocycles. The average molecular weight is 133 g/mol. The van der Waals surface area contributed by atoms with Gasteiger partial charge in [-0.05, 0) is 5.57 Å². The highest BCUT2D eigenvalue weighted by Crippen LogP contribution is 2.20. The lowest BCUT2D eigenvalue weighted by molar-refractivity contribution is 1.22. The van der Waals surface area contributed by atoms with E-state index in [-0.39, 0.29) is 0 Å². The summed E-state index contributed by atoms with van der Waals surface area (Å²) in [6, 6.07) is 0. The average Bonchev–Trinajstić information content (AvgIpc) is 2.33. The number of fused-ring (bicyclic) bond motifs is 1. The molecule has 2 aliphatic rings. The Balaban J connectivity index is 2.42. The molecular formula is C7H7N3.